The van der Waals surface area contributed by atoms with Gasteiger partial charge in [-0.25, -0.2) is 0 Å². The van der Waals surface area contributed by atoms with Crippen LogP contribution in [0.3, 0.4) is 0 Å². The van der Waals surface area contributed by atoms with Crippen LogP contribution in [0.1, 0.15) is 25.3 Å². The van der Waals surface area contributed by atoms with Crippen LogP contribution in [0.25, 0.3) is 0 Å². The largest absolute Gasteiger partial charge is 0.383 e. The quantitative estimate of drug-likeness (QED) is 0.928. The molecule has 1 aliphatic rings. The molecule has 0 saturated carbocycles. The van der Waals surface area contributed by atoms with Crippen molar-refractivity contribution in [3.05, 3.63) is 28.2 Å². The summed E-state index contributed by atoms with van der Waals surface area (Å²) in [5, 5.41) is 12.6. The lowest BCUT2D eigenvalue weighted by molar-refractivity contribution is 0.0300. The smallest absolute Gasteiger partial charge is 0.103 e. The molecule has 4 heteroatoms. The van der Waals surface area contributed by atoms with Gasteiger partial charge in [-0.1, -0.05) is 13.0 Å². The van der Waals surface area contributed by atoms with Gasteiger partial charge in [0, 0.05) is 24.2 Å². The molecular weight excluding hydrogens is 292 g/mol. The van der Waals surface area contributed by atoms with Gasteiger partial charge in [0.15, 0.2) is 0 Å². The lowest BCUT2D eigenvalue weighted by Crippen LogP contribution is -2.33. The molecule has 0 unspecified atom stereocenters. The molecule has 1 aromatic rings. The molecule has 18 heavy (non-hydrogen) atoms. The summed E-state index contributed by atoms with van der Waals surface area (Å²) in [4.78, 5) is 0. The molecule has 0 bridgehead atoms. The second-order valence-electron chi connectivity index (χ2n) is 5.05. The molecule has 0 spiro atoms. The van der Waals surface area contributed by atoms with Gasteiger partial charge in [0.1, 0.15) is 6.07 Å². The summed E-state index contributed by atoms with van der Waals surface area (Å²) < 4.78 is 6.23. The summed E-state index contributed by atoms with van der Waals surface area (Å²) in [5.41, 5.74) is 1.83. The van der Waals surface area contributed by atoms with E-state index in [1.807, 2.05) is 18.2 Å². The highest BCUT2D eigenvalue weighted by Gasteiger charge is 2.27. The van der Waals surface area contributed by atoms with Crippen LogP contribution < -0.4 is 5.32 Å². The van der Waals surface area contributed by atoms with Crippen LogP contribution >= 0.6 is 15.9 Å². The van der Waals surface area contributed by atoms with Crippen molar-refractivity contribution >= 4 is 21.6 Å². The Morgan fingerprint density at radius 3 is 2.83 bits per heavy atom. The Labute approximate surface area is 116 Å². The Bertz CT molecular complexity index is 461. The first-order valence-corrected chi connectivity index (χ1v) is 6.94. The molecule has 0 aromatic heterocycles. The molecule has 96 valence electrons. The van der Waals surface area contributed by atoms with Crippen LogP contribution in [0.4, 0.5) is 5.69 Å². The number of nitrogens with one attached hydrogen (secondary N) is 1. The first kappa shape index (κ1) is 13.4. The third kappa shape index (κ3) is 3.04. The molecule has 1 aromatic carbocycles. The van der Waals surface area contributed by atoms with E-state index in [-0.39, 0.29) is 5.41 Å². The number of halogens is 1. The Morgan fingerprint density at radius 2 is 2.17 bits per heavy atom. The van der Waals surface area contributed by atoms with Crippen molar-refractivity contribution in [2.24, 2.45) is 5.41 Å². The van der Waals surface area contributed by atoms with Gasteiger partial charge in [-0.2, -0.15) is 5.26 Å². The predicted octanol–water partition coefficient (Wildman–Crippen LogP) is 3.55. The number of nitriles is 1. The SMILES string of the molecule is CC1(CNc2cccc(Br)c2C#N)CCOCC1. The van der Waals surface area contributed by atoms with E-state index < -0.39 is 0 Å². The molecule has 1 heterocycles. The van der Waals surface area contributed by atoms with Crippen molar-refractivity contribution in [3.63, 3.8) is 0 Å². The topological polar surface area (TPSA) is 45.0 Å². The van der Waals surface area contributed by atoms with Crippen molar-refractivity contribution < 1.29 is 4.74 Å². The third-order valence-corrected chi connectivity index (χ3v) is 4.19. The lowest BCUT2D eigenvalue weighted by Gasteiger charge is -2.34. The second kappa shape index (κ2) is 5.73. The van der Waals surface area contributed by atoms with E-state index in [1.165, 1.54) is 0 Å². The fourth-order valence-electron chi connectivity index (χ4n) is 2.13. The Morgan fingerprint density at radius 1 is 1.44 bits per heavy atom. The molecule has 1 fully saturated rings. The standard InChI is InChI=1S/C14H17BrN2O/c1-14(5-7-18-8-6-14)10-17-13-4-2-3-12(15)11(13)9-16/h2-4,17H,5-8,10H2,1H3. The molecule has 1 N–H and O–H groups in total. The third-order valence-electron chi connectivity index (χ3n) is 3.53. The highest BCUT2D eigenvalue weighted by molar-refractivity contribution is 9.10. The van der Waals surface area contributed by atoms with Gasteiger partial charge in [0.25, 0.3) is 0 Å². The highest BCUT2D eigenvalue weighted by Crippen LogP contribution is 2.31. The van der Waals surface area contributed by atoms with Crippen LogP contribution in [0.2, 0.25) is 0 Å². The summed E-state index contributed by atoms with van der Waals surface area (Å²) in [6.07, 6.45) is 2.13. The van der Waals surface area contributed by atoms with Gasteiger partial charge >= 0.3 is 0 Å². The lowest BCUT2D eigenvalue weighted by atomic mass is 9.82. The van der Waals surface area contributed by atoms with Gasteiger partial charge < -0.3 is 10.1 Å². The molecule has 0 radical (unpaired) electrons. The maximum atomic E-state index is 9.16. The maximum absolute atomic E-state index is 9.16. The minimum atomic E-state index is 0.257. The second-order valence-corrected chi connectivity index (χ2v) is 5.91. The summed E-state index contributed by atoms with van der Waals surface area (Å²) in [5.74, 6) is 0. The summed E-state index contributed by atoms with van der Waals surface area (Å²) in [7, 11) is 0. The number of anilines is 1. The average Bonchev–Trinajstić information content (AvgIpc) is 2.37. The number of hydrogen-bond acceptors (Lipinski definition) is 3. The molecule has 2 rings (SSSR count). The fraction of sp³-hybridized carbons (Fsp3) is 0.500. The van der Waals surface area contributed by atoms with Crippen LogP contribution in [0.15, 0.2) is 22.7 Å². The molecule has 0 amide bonds. The van der Waals surface area contributed by atoms with Crippen LogP contribution in [-0.4, -0.2) is 19.8 Å². The van der Waals surface area contributed by atoms with E-state index in [9.17, 15) is 0 Å². The normalized spacial score (nSPS) is 18.1. The number of rotatable bonds is 3. The predicted molar refractivity (Wildman–Crippen MR) is 75.5 cm³/mol. The van der Waals surface area contributed by atoms with E-state index >= 15 is 0 Å². The van der Waals surface area contributed by atoms with Gasteiger partial charge in [0.2, 0.25) is 0 Å². The van der Waals surface area contributed by atoms with Crippen molar-refractivity contribution in [2.75, 3.05) is 25.1 Å². The summed E-state index contributed by atoms with van der Waals surface area (Å²) in [6.45, 7) is 4.82. The van der Waals surface area contributed by atoms with Crippen molar-refractivity contribution in [1.29, 1.82) is 5.26 Å². The monoisotopic (exact) mass is 308 g/mol. The number of benzene rings is 1. The minimum Gasteiger partial charge on any atom is -0.383 e. The van der Waals surface area contributed by atoms with Crippen molar-refractivity contribution in [2.45, 2.75) is 19.8 Å². The molecule has 0 atom stereocenters. The van der Waals surface area contributed by atoms with E-state index in [0.717, 1.165) is 42.8 Å². The first-order valence-electron chi connectivity index (χ1n) is 6.15. The molecule has 1 aliphatic heterocycles. The molecule has 1 saturated heterocycles. The van der Waals surface area contributed by atoms with Gasteiger partial charge in [-0.3, -0.25) is 0 Å². The van der Waals surface area contributed by atoms with Gasteiger partial charge in [0.05, 0.1) is 11.3 Å². The van der Waals surface area contributed by atoms with Crippen molar-refractivity contribution in [1.82, 2.24) is 0 Å². The summed E-state index contributed by atoms with van der Waals surface area (Å²) >= 11 is 3.40. The van der Waals surface area contributed by atoms with Crippen molar-refractivity contribution in [3.8, 4) is 6.07 Å². The number of nitrogens with zero attached hydrogens (tertiary/aromatic N) is 1. The van der Waals surface area contributed by atoms with E-state index in [1.54, 1.807) is 0 Å². The highest BCUT2D eigenvalue weighted by atomic mass is 79.9. The fourth-order valence-corrected chi connectivity index (χ4v) is 2.59. The number of ether oxygens (including phenoxy) is 1. The average molecular weight is 309 g/mol. The van der Waals surface area contributed by atoms with Gasteiger partial charge in [-0.05, 0) is 46.3 Å². The van der Waals surface area contributed by atoms with E-state index in [4.69, 9.17) is 10.00 Å². The zero-order valence-corrected chi connectivity index (χ0v) is 12.1. The first-order chi connectivity index (χ1) is 8.64. The molecule has 0 aliphatic carbocycles. The zero-order chi connectivity index (χ0) is 13.0. The van der Waals surface area contributed by atoms with Crippen LogP contribution in [-0.2, 0) is 4.74 Å². The minimum absolute atomic E-state index is 0.257. The number of hydrogen-bond donors (Lipinski definition) is 1. The summed E-state index contributed by atoms with van der Waals surface area (Å²) in [6, 6.07) is 8.01. The Balaban J connectivity index is 2.06. The zero-order valence-electron chi connectivity index (χ0n) is 10.5. The molecule has 3 nitrogen and oxygen atoms in total. The van der Waals surface area contributed by atoms with E-state index in [0.29, 0.717) is 5.56 Å². The Hall–Kier alpha value is -1.05. The maximum Gasteiger partial charge on any atom is 0.103 e. The molecular formula is C14H17BrN2O. The van der Waals surface area contributed by atoms with Crippen LogP contribution in [0.5, 0.6) is 0 Å². The van der Waals surface area contributed by atoms with Crippen LogP contribution in [0, 0.1) is 16.7 Å². The van der Waals surface area contributed by atoms with Gasteiger partial charge in [-0.15, -0.1) is 0 Å². The van der Waals surface area contributed by atoms with E-state index in [2.05, 4.69) is 34.2 Å². The Kier molecular flexibility index (Phi) is 4.26.